The lowest BCUT2D eigenvalue weighted by molar-refractivity contribution is -0.554. The molecule has 0 unspecified atom stereocenters. The summed E-state index contributed by atoms with van der Waals surface area (Å²) in [6.07, 6.45) is 0. The second kappa shape index (κ2) is 14.7. The number of nitrogens with one attached hydrogen (secondary N) is 1. The first-order chi connectivity index (χ1) is 33.1. The number of nitrogens with zero attached hydrogens (tertiary/aromatic N) is 3. The fourth-order valence-corrected chi connectivity index (χ4v) is 12.0. The number of hydrogen-bond acceptors (Lipinski definition) is 1. The monoisotopic (exact) mass is 875 g/mol. The highest BCUT2D eigenvalue weighted by atomic mass is 15.1. The fourth-order valence-electron chi connectivity index (χ4n) is 12.0. The molecule has 2 aliphatic rings. The van der Waals surface area contributed by atoms with Crippen LogP contribution in [0.5, 0.6) is 0 Å². The predicted molar refractivity (Wildman–Crippen MR) is 281 cm³/mol. The maximum absolute atomic E-state index is 5.14. The summed E-state index contributed by atoms with van der Waals surface area (Å²) < 4.78 is 4.60. The molecule has 0 fully saturated rings. The van der Waals surface area contributed by atoms with E-state index in [1.54, 1.807) is 0 Å². The summed E-state index contributed by atoms with van der Waals surface area (Å²) in [5.41, 5.74) is 27.3. The molecule has 68 heavy (non-hydrogen) atoms. The average Bonchev–Trinajstić information content (AvgIpc) is 4.08. The Morgan fingerprint density at radius 2 is 0.971 bits per heavy atom. The number of hydrogen-bond donors (Lipinski definition) is 1. The maximum Gasteiger partial charge on any atom is 0.292 e. The minimum atomic E-state index is -0.206. The lowest BCUT2D eigenvalue weighted by Crippen LogP contribution is -2.31. The highest BCUT2D eigenvalue weighted by molar-refractivity contribution is 5.95. The Labute approximate surface area is 397 Å². The molecule has 11 aromatic rings. The Morgan fingerprint density at radius 1 is 0.471 bits per heavy atom. The molecule has 4 heteroatoms. The van der Waals surface area contributed by atoms with Crippen molar-refractivity contribution in [3.05, 3.63) is 228 Å². The summed E-state index contributed by atoms with van der Waals surface area (Å²) >= 11 is 0. The van der Waals surface area contributed by atoms with Crippen molar-refractivity contribution in [3.63, 3.8) is 0 Å². The molecular formula is C64H51N4+. The van der Waals surface area contributed by atoms with E-state index in [1.165, 1.54) is 77.9 Å². The standard InChI is InChI=1S/C64H50N4/c1-39-35-45(41-25-29-43(30-26-41)61-65-53-21-13-15-23-55(53)67(61)47-17-9-7-10-18-47)37-51-57(39)49-33-34-50-58-40(2)36-46(38-52(58)64(5,6)60(50)59(49)63(51,3)4)42-27-31-44(32-28-42)62-66-54-22-14-16-24-56(54)68(62)48-19-11-8-12-20-48/h7-38H,1-6H3/p+1. The number of fused-ring (bicyclic) bond motifs is 9. The number of H-pyrrole nitrogens is 1. The van der Waals surface area contributed by atoms with Crippen LogP contribution >= 0.6 is 0 Å². The Kier molecular flexibility index (Phi) is 8.70. The second-order valence-corrected chi connectivity index (χ2v) is 20.0. The van der Waals surface area contributed by atoms with Gasteiger partial charge < -0.3 is 0 Å². The molecule has 0 radical (unpaired) electrons. The third-order valence-corrected chi connectivity index (χ3v) is 15.2. The van der Waals surface area contributed by atoms with E-state index in [4.69, 9.17) is 4.98 Å². The molecule has 2 heterocycles. The van der Waals surface area contributed by atoms with Crippen molar-refractivity contribution in [3.8, 4) is 78.7 Å². The summed E-state index contributed by atoms with van der Waals surface area (Å²) in [5.74, 6) is 2.02. The van der Waals surface area contributed by atoms with Crippen molar-refractivity contribution in [2.75, 3.05) is 0 Å². The molecule has 1 N–H and O–H groups in total. The van der Waals surface area contributed by atoms with Gasteiger partial charge in [0.2, 0.25) is 0 Å². The SMILES string of the molecule is Cc1cc(-c2ccc(-c3nc4ccccc4n3-c3ccccc3)cc2)cc2c1-c1ccc3c(c1C2(C)C)C(C)(C)c1cc(-c2ccc(-c4[nH]c5ccccc5[n+]4-c4ccccc4)cc2)cc(C)c1-3. The van der Waals surface area contributed by atoms with Gasteiger partial charge in [0.15, 0.2) is 11.0 Å². The number of aromatic nitrogens is 4. The van der Waals surface area contributed by atoms with Crippen LogP contribution in [0.4, 0.5) is 0 Å². The van der Waals surface area contributed by atoms with E-state index in [1.807, 2.05) is 0 Å². The molecule has 0 saturated heterocycles. The average molecular weight is 876 g/mol. The first-order valence-electron chi connectivity index (χ1n) is 23.9. The van der Waals surface area contributed by atoms with Crippen LogP contribution < -0.4 is 4.57 Å². The molecule has 4 nitrogen and oxygen atoms in total. The van der Waals surface area contributed by atoms with Crippen molar-refractivity contribution >= 4 is 22.1 Å². The van der Waals surface area contributed by atoms with E-state index in [0.29, 0.717) is 0 Å². The van der Waals surface area contributed by atoms with Gasteiger partial charge in [-0.1, -0.05) is 149 Å². The van der Waals surface area contributed by atoms with E-state index < -0.39 is 0 Å². The maximum atomic E-state index is 5.14. The van der Waals surface area contributed by atoms with E-state index >= 15 is 0 Å². The van der Waals surface area contributed by atoms with Gasteiger partial charge in [-0.05, 0) is 165 Å². The fraction of sp³-hybridized carbons (Fsp3) is 0.125. The summed E-state index contributed by atoms with van der Waals surface area (Å²) in [4.78, 5) is 8.87. The lowest BCUT2D eigenvalue weighted by Gasteiger charge is -2.31. The molecule has 326 valence electrons. The van der Waals surface area contributed by atoms with Gasteiger partial charge >= 0.3 is 0 Å². The highest BCUT2D eigenvalue weighted by Crippen LogP contribution is 2.60. The van der Waals surface area contributed by atoms with Crippen LogP contribution in [0.2, 0.25) is 0 Å². The second-order valence-electron chi connectivity index (χ2n) is 20.0. The first kappa shape index (κ1) is 40.2. The van der Waals surface area contributed by atoms with Gasteiger partial charge in [0.1, 0.15) is 11.5 Å². The molecule has 2 aromatic heterocycles. The van der Waals surface area contributed by atoms with Crippen molar-refractivity contribution in [2.24, 2.45) is 0 Å². The third-order valence-electron chi connectivity index (χ3n) is 15.2. The molecule has 0 saturated carbocycles. The zero-order valence-corrected chi connectivity index (χ0v) is 39.3. The zero-order valence-electron chi connectivity index (χ0n) is 39.3. The van der Waals surface area contributed by atoms with Gasteiger partial charge in [0.05, 0.1) is 16.6 Å². The molecule has 13 rings (SSSR count). The van der Waals surface area contributed by atoms with E-state index in [2.05, 4.69) is 250 Å². The van der Waals surface area contributed by atoms with Crippen LogP contribution in [0.15, 0.2) is 194 Å². The van der Waals surface area contributed by atoms with Gasteiger partial charge in [-0.15, -0.1) is 0 Å². The molecule has 0 aliphatic heterocycles. The van der Waals surface area contributed by atoms with E-state index in [-0.39, 0.29) is 10.8 Å². The molecular weight excluding hydrogens is 825 g/mol. The van der Waals surface area contributed by atoms with Crippen LogP contribution in [0.3, 0.4) is 0 Å². The van der Waals surface area contributed by atoms with Crippen molar-refractivity contribution < 1.29 is 4.57 Å². The van der Waals surface area contributed by atoms with Gasteiger partial charge in [-0.3, -0.25) is 4.57 Å². The van der Waals surface area contributed by atoms with Crippen molar-refractivity contribution in [1.82, 2.24) is 14.5 Å². The number of aryl methyl sites for hydroxylation is 2. The molecule has 0 atom stereocenters. The van der Waals surface area contributed by atoms with Gasteiger partial charge in [-0.25, -0.2) is 9.97 Å². The van der Waals surface area contributed by atoms with Gasteiger partial charge in [0.25, 0.3) is 5.82 Å². The van der Waals surface area contributed by atoms with Crippen LogP contribution in [0, 0.1) is 13.8 Å². The molecule has 0 spiro atoms. The largest absolute Gasteiger partial charge is 0.292 e. The van der Waals surface area contributed by atoms with Crippen LogP contribution in [-0.2, 0) is 10.8 Å². The first-order valence-corrected chi connectivity index (χ1v) is 23.9. The topological polar surface area (TPSA) is 37.5 Å². The molecule has 9 aromatic carbocycles. The van der Waals surface area contributed by atoms with Crippen LogP contribution in [0.25, 0.3) is 101 Å². The number of benzene rings is 9. The van der Waals surface area contributed by atoms with Crippen LogP contribution in [0.1, 0.15) is 61.1 Å². The van der Waals surface area contributed by atoms with E-state index in [0.717, 1.165) is 56.2 Å². The molecule has 2 aliphatic carbocycles. The molecule has 0 bridgehead atoms. The predicted octanol–water partition coefficient (Wildman–Crippen LogP) is 15.7. The summed E-state index contributed by atoms with van der Waals surface area (Å²) in [7, 11) is 0. The Hall–Kier alpha value is -8.08. The minimum Gasteiger partial charge on any atom is -0.292 e. The number of aromatic amines is 1. The quantitative estimate of drug-likeness (QED) is 0.166. The Morgan fingerprint density at radius 3 is 1.57 bits per heavy atom. The summed E-state index contributed by atoms with van der Waals surface area (Å²) in [6.45, 7) is 14.4. The van der Waals surface area contributed by atoms with Gasteiger partial charge in [0, 0.05) is 22.1 Å². The lowest BCUT2D eigenvalue weighted by atomic mass is 9.72. The van der Waals surface area contributed by atoms with Crippen LogP contribution in [-0.4, -0.2) is 14.5 Å². The molecule has 0 amide bonds. The van der Waals surface area contributed by atoms with Gasteiger partial charge in [-0.2, -0.15) is 4.57 Å². The summed E-state index contributed by atoms with van der Waals surface area (Å²) in [5, 5.41) is 0. The summed E-state index contributed by atoms with van der Waals surface area (Å²) in [6, 6.07) is 70.8. The number of para-hydroxylation sites is 6. The Balaban J connectivity index is 0.847. The van der Waals surface area contributed by atoms with E-state index in [9.17, 15) is 0 Å². The zero-order chi connectivity index (χ0) is 46.1. The normalized spacial score (nSPS) is 14.0. The van der Waals surface area contributed by atoms with Crippen molar-refractivity contribution in [1.29, 1.82) is 0 Å². The highest BCUT2D eigenvalue weighted by Gasteiger charge is 2.47. The van der Waals surface area contributed by atoms with Crippen molar-refractivity contribution in [2.45, 2.75) is 52.4 Å². The number of imidazole rings is 2. The smallest absolute Gasteiger partial charge is 0.292 e. The third kappa shape index (κ3) is 5.86. The Bertz CT molecular complexity index is 3580. The number of rotatable bonds is 6. The minimum absolute atomic E-state index is 0.204.